The molecule has 1 N–H and O–H groups in total. The number of likely N-dealkylation sites (N-methyl/N-ethyl adjacent to an activating group) is 1. The van der Waals surface area contributed by atoms with Crippen LogP contribution < -0.4 is 0 Å². The number of hydrogen-bond donors (Lipinski definition) is 1. The molecule has 0 aliphatic carbocycles. The third kappa shape index (κ3) is 3.78. The molecular formula is C22H25FN2O3. The van der Waals surface area contributed by atoms with Crippen molar-refractivity contribution in [3.05, 3.63) is 59.9 Å². The maximum absolute atomic E-state index is 13.1. The number of benzene rings is 2. The van der Waals surface area contributed by atoms with Gasteiger partial charge in [-0.2, -0.15) is 0 Å². The van der Waals surface area contributed by atoms with Gasteiger partial charge in [-0.05, 0) is 28.8 Å². The van der Waals surface area contributed by atoms with Gasteiger partial charge < -0.3 is 14.9 Å². The molecule has 148 valence electrons. The van der Waals surface area contributed by atoms with Gasteiger partial charge in [0.15, 0.2) is 0 Å². The van der Waals surface area contributed by atoms with Crippen LogP contribution in [0.4, 0.5) is 4.39 Å². The van der Waals surface area contributed by atoms with Crippen molar-refractivity contribution in [2.24, 2.45) is 0 Å². The second-order valence-corrected chi connectivity index (χ2v) is 7.30. The minimum atomic E-state index is -0.306. The van der Waals surface area contributed by atoms with E-state index in [1.807, 2.05) is 24.3 Å². The van der Waals surface area contributed by atoms with Crippen molar-refractivity contribution in [3.63, 3.8) is 0 Å². The number of halogens is 1. The third-order valence-electron chi connectivity index (χ3n) is 5.57. The molecule has 0 saturated carbocycles. The molecule has 3 atom stereocenters. The number of carbonyl (C=O) groups is 2. The minimum Gasteiger partial charge on any atom is -0.394 e. The van der Waals surface area contributed by atoms with Crippen LogP contribution in [0, 0.1) is 5.82 Å². The molecule has 1 aliphatic rings. The summed E-state index contributed by atoms with van der Waals surface area (Å²) in [6.07, 6.45) is 0. The fourth-order valence-electron chi connectivity index (χ4n) is 4.01. The Kier molecular flexibility index (Phi) is 5.79. The first-order valence-corrected chi connectivity index (χ1v) is 9.31. The zero-order valence-electron chi connectivity index (χ0n) is 16.3. The number of hydrogen-bond acceptors (Lipinski definition) is 3. The lowest BCUT2D eigenvalue weighted by Gasteiger charge is -2.55. The standard InChI is InChI=1S/C22H25FN2O3/c1-14(27)24(3)12-20-22(21(13-26)25(20)15(2)28)18-6-4-16(5-7-18)17-8-10-19(23)11-9-17/h4-11,20-22,26H,12-13H2,1-3H3/t20-,21+,22-/m0/s1. The van der Waals surface area contributed by atoms with Crippen LogP contribution in [0.2, 0.25) is 0 Å². The van der Waals surface area contributed by atoms with Gasteiger partial charge in [0.1, 0.15) is 5.82 Å². The maximum atomic E-state index is 13.1. The van der Waals surface area contributed by atoms with Gasteiger partial charge in [-0.1, -0.05) is 36.4 Å². The van der Waals surface area contributed by atoms with E-state index in [4.69, 9.17) is 0 Å². The van der Waals surface area contributed by atoms with Crippen LogP contribution in [0.3, 0.4) is 0 Å². The van der Waals surface area contributed by atoms with E-state index in [9.17, 15) is 19.1 Å². The Bertz CT molecular complexity index is 851. The number of aliphatic hydroxyl groups excluding tert-OH is 1. The topological polar surface area (TPSA) is 60.9 Å². The minimum absolute atomic E-state index is 0.0574. The first-order valence-electron chi connectivity index (χ1n) is 9.31. The molecule has 2 amide bonds. The first-order chi connectivity index (χ1) is 13.3. The van der Waals surface area contributed by atoms with Crippen LogP contribution in [0.15, 0.2) is 48.5 Å². The lowest BCUT2D eigenvalue weighted by molar-refractivity contribution is -0.151. The number of likely N-dealkylation sites (tertiary alicyclic amines) is 1. The predicted octanol–water partition coefficient (Wildman–Crippen LogP) is 2.65. The zero-order chi connectivity index (χ0) is 20.4. The summed E-state index contributed by atoms with van der Waals surface area (Å²) in [6, 6.07) is 13.7. The number of amides is 2. The second kappa shape index (κ2) is 8.10. The monoisotopic (exact) mass is 384 g/mol. The molecule has 0 aromatic heterocycles. The highest BCUT2D eigenvalue weighted by Gasteiger charge is 2.50. The highest BCUT2D eigenvalue weighted by atomic mass is 19.1. The molecule has 1 heterocycles. The number of carbonyl (C=O) groups excluding carboxylic acids is 2. The summed E-state index contributed by atoms with van der Waals surface area (Å²) in [4.78, 5) is 27.0. The maximum Gasteiger partial charge on any atom is 0.220 e. The largest absolute Gasteiger partial charge is 0.394 e. The highest BCUT2D eigenvalue weighted by molar-refractivity contribution is 5.77. The van der Waals surface area contributed by atoms with E-state index in [-0.39, 0.29) is 42.2 Å². The molecule has 5 nitrogen and oxygen atoms in total. The molecule has 0 unspecified atom stereocenters. The first kappa shape index (κ1) is 20.0. The molecular weight excluding hydrogens is 359 g/mol. The summed E-state index contributed by atoms with van der Waals surface area (Å²) in [5.41, 5.74) is 2.88. The number of rotatable bonds is 5. The Balaban J connectivity index is 1.87. The number of nitrogens with zero attached hydrogens (tertiary/aromatic N) is 2. The average Bonchev–Trinajstić information content (AvgIpc) is 2.65. The summed E-state index contributed by atoms with van der Waals surface area (Å²) in [6.45, 7) is 3.25. The summed E-state index contributed by atoms with van der Waals surface area (Å²) in [5, 5.41) is 9.85. The molecule has 1 aliphatic heterocycles. The van der Waals surface area contributed by atoms with Gasteiger partial charge in [0.25, 0.3) is 0 Å². The van der Waals surface area contributed by atoms with Crippen molar-refractivity contribution >= 4 is 11.8 Å². The summed E-state index contributed by atoms with van der Waals surface area (Å²) in [7, 11) is 1.71. The quantitative estimate of drug-likeness (QED) is 0.862. The fourth-order valence-corrected chi connectivity index (χ4v) is 4.01. The molecule has 0 bridgehead atoms. The van der Waals surface area contributed by atoms with Crippen LogP contribution in [0.5, 0.6) is 0 Å². The Morgan fingerprint density at radius 3 is 2.00 bits per heavy atom. The van der Waals surface area contributed by atoms with Crippen molar-refractivity contribution in [2.75, 3.05) is 20.2 Å². The van der Waals surface area contributed by atoms with Crippen LogP contribution in [-0.2, 0) is 9.59 Å². The molecule has 6 heteroatoms. The average molecular weight is 384 g/mol. The molecule has 1 saturated heterocycles. The number of aliphatic hydroxyl groups is 1. The summed E-state index contributed by atoms with van der Waals surface area (Å²) >= 11 is 0. The molecule has 1 fully saturated rings. The van der Waals surface area contributed by atoms with Crippen molar-refractivity contribution < 1.29 is 19.1 Å². The van der Waals surface area contributed by atoms with Crippen LogP contribution in [-0.4, -0.2) is 59.0 Å². The normalized spacial score (nSPS) is 21.2. The Labute approximate surface area is 164 Å². The lowest BCUT2D eigenvalue weighted by atomic mass is 9.74. The van der Waals surface area contributed by atoms with E-state index in [0.717, 1.165) is 16.7 Å². The molecule has 0 spiro atoms. The van der Waals surface area contributed by atoms with E-state index < -0.39 is 0 Å². The van der Waals surface area contributed by atoms with E-state index >= 15 is 0 Å². The molecule has 2 aromatic carbocycles. The summed E-state index contributed by atoms with van der Waals surface area (Å²) < 4.78 is 13.1. The van der Waals surface area contributed by atoms with Gasteiger partial charge in [-0.15, -0.1) is 0 Å². The molecule has 3 rings (SSSR count). The van der Waals surface area contributed by atoms with E-state index in [2.05, 4.69) is 0 Å². The fraction of sp³-hybridized carbons (Fsp3) is 0.364. The SMILES string of the molecule is CC(=O)N(C)C[C@H]1[C@H](c2ccc(-c3ccc(F)cc3)cc2)[C@@H](CO)N1C(C)=O. The molecule has 28 heavy (non-hydrogen) atoms. The van der Waals surface area contributed by atoms with Crippen molar-refractivity contribution in [3.8, 4) is 11.1 Å². The predicted molar refractivity (Wildman–Crippen MR) is 105 cm³/mol. The van der Waals surface area contributed by atoms with E-state index in [0.29, 0.717) is 6.54 Å². The van der Waals surface area contributed by atoms with Crippen molar-refractivity contribution in [1.82, 2.24) is 9.80 Å². The lowest BCUT2D eigenvalue weighted by Crippen LogP contribution is -2.68. The van der Waals surface area contributed by atoms with E-state index in [1.54, 1.807) is 29.0 Å². The van der Waals surface area contributed by atoms with E-state index in [1.165, 1.54) is 26.0 Å². The van der Waals surface area contributed by atoms with Gasteiger partial charge in [0.2, 0.25) is 11.8 Å². The molecule has 0 radical (unpaired) electrons. The molecule has 2 aromatic rings. The zero-order valence-corrected chi connectivity index (χ0v) is 16.3. The smallest absolute Gasteiger partial charge is 0.220 e. The van der Waals surface area contributed by atoms with Gasteiger partial charge in [-0.25, -0.2) is 4.39 Å². The van der Waals surface area contributed by atoms with Gasteiger partial charge >= 0.3 is 0 Å². The second-order valence-electron chi connectivity index (χ2n) is 7.30. The van der Waals surface area contributed by atoms with Gasteiger partial charge in [0, 0.05) is 33.4 Å². The van der Waals surface area contributed by atoms with Gasteiger partial charge in [0.05, 0.1) is 18.7 Å². The third-order valence-corrected chi connectivity index (χ3v) is 5.57. The Hall–Kier alpha value is -2.73. The van der Waals surface area contributed by atoms with Gasteiger partial charge in [-0.3, -0.25) is 9.59 Å². The highest BCUT2D eigenvalue weighted by Crippen LogP contribution is 2.41. The van der Waals surface area contributed by atoms with Crippen LogP contribution >= 0.6 is 0 Å². The summed E-state index contributed by atoms with van der Waals surface area (Å²) in [5.74, 6) is -0.512. The van der Waals surface area contributed by atoms with Crippen LogP contribution in [0.1, 0.15) is 25.3 Å². The Morgan fingerprint density at radius 1 is 1.00 bits per heavy atom. The Morgan fingerprint density at radius 2 is 1.54 bits per heavy atom. The van der Waals surface area contributed by atoms with Crippen LogP contribution in [0.25, 0.3) is 11.1 Å². The van der Waals surface area contributed by atoms with Crippen molar-refractivity contribution in [2.45, 2.75) is 31.8 Å². The van der Waals surface area contributed by atoms with Crippen molar-refractivity contribution in [1.29, 1.82) is 0 Å².